The number of rotatable bonds is 1. The van der Waals surface area contributed by atoms with Gasteiger partial charge in [0.05, 0.1) is 11.6 Å². The van der Waals surface area contributed by atoms with E-state index in [1.165, 1.54) is 31.4 Å². The number of nitrogens with zero attached hydrogens (tertiary/aromatic N) is 2. The Kier molecular flexibility index (Phi) is 2.15. The average molecular weight is 239 g/mol. The summed E-state index contributed by atoms with van der Waals surface area (Å²) in [6, 6.07) is 13.2. The fourth-order valence-corrected chi connectivity index (χ4v) is 4.21. The third kappa shape index (κ3) is 1.46. The monoisotopic (exact) mass is 239 g/mol. The van der Waals surface area contributed by atoms with E-state index >= 15 is 0 Å². The minimum Gasteiger partial charge on any atom is -0.365 e. The predicted molar refractivity (Wildman–Crippen MR) is 70.4 cm³/mol. The van der Waals surface area contributed by atoms with Crippen LogP contribution in [0.25, 0.3) is 0 Å². The normalized spacial score (nSPS) is 36.7. The van der Waals surface area contributed by atoms with E-state index in [0.29, 0.717) is 12.1 Å². The van der Waals surface area contributed by atoms with Crippen molar-refractivity contribution in [2.45, 2.75) is 49.9 Å². The van der Waals surface area contributed by atoms with Crippen molar-refractivity contribution in [3.8, 4) is 6.07 Å². The van der Waals surface area contributed by atoms with Gasteiger partial charge in [0.1, 0.15) is 0 Å². The average Bonchev–Trinajstić information content (AvgIpc) is 2.38. The largest absolute Gasteiger partial charge is 0.365 e. The molecule has 0 unspecified atom stereocenters. The Morgan fingerprint density at radius 3 is 2.39 bits per heavy atom. The second kappa shape index (κ2) is 3.73. The molecule has 4 fully saturated rings. The zero-order chi connectivity index (χ0) is 12.1. The predicted octanol–water partition coefficient (Wildman–Crippen LogP) is 2.03. The van der Waals surface area contributed by atoms with Crippen LogP contribution in [0.3, 0.4) is 0 Å². The molecule has 0 saturated carbocycles. The maximum absolute atomic E-state index is 9.03. The molecule has 1 aromatic rings. The molecule has 0 amide bonds. The third-order valence-electron chi connectivity index (χ3n) is 4.76. The molecule has 3 heteroatoms. The van der Waals surface area contributed by atoms with Crippen LogP contribution in [0, 0.1) is 11.3 Å². The maximum Gasteiger partial charge on any atom is 0.0992 e. The molecule has 4 heterocycles. The summed E-state index contributed by atoms with van der Waals surface area (Å²) in [6.07, 6.45) is 5.07. The third-order valence-corrected chi connectivity index (χ3v) is 4.76. The highest BCUT2D eigenvalue weighted by atomic mass is 15.3. The van der Waals surface area contributed by atoms with Crippen molar-refractivity contribution in [3.63, 3.8) is 0 Å². The molecule has 0 radical (unpaired) electrons. The SMILES string of the molecule is N#Cc1cccc(N2C3CC4CC2CC(C3)N4)c1. The molecule has 0 aromatic heterocycles. The maximum atomic E-state index is 9.03. The summed E-state index contributed by atoms with van der Waals surface area (Å²) in [7, 11) is 0. The number of nitrogens with one attached hydrogen (secondary N) is 1. The summed E-state index contributed by atoms with van der Waals surface area (Å²) in [5.74, 6) is 0. The van der Waals surface area contributed by atoms with E-state index in [9.17, 15) is 0 Å². The van der Waals surface area contributed by atoms with Gasteiger partial charge in [0.15, 0.2) is 0 Å². The van der Waals surface area contributed by atoms with Crippen LogP contribution >= 0.6 is 0 Å². The molecule has 1 N–H and O–H groups in total. The first-order chi connectivity index (χ1) is 8.83. The molecule has 0 spiro atoms. The Balaban J connectivity index is 1.70. The number of nitriles is 1. The summed E-state index contributed by atoms with van der Waals surface area (Å²) in [5.41, 5.74) is 2.03. The molecule has 3 nitrogen and oxygen atoms in total. The van der Waals surface area contributed by atoms with Crippen LogP contribution in [0.2, 0.25) is 0 Å². The zero-order valence-corrected chi connectivity index (χ0v) is 10.3. The van der Waals surface area contributed by atoms with Gasteiger partial charge in [-0.25, -0.2) is 0 Å². The fraction of sp³-hybridized carbons (Fsp3) is 0.533. The van der Waals surface area contributed by atoms with Crippen molar-refractivity contribution in [3.05, 3.63) is 29.8 Å². The van der Waals surface area contributed by atoms with E-state index < -0.39 is 0 Å². The van der Waals surface area contributed by atoms with Crippen molar-refractivity contribution >= 4 is 5.69 Å². The summed E-state index contributed by atoms with van der Waals surface area (Å²) >= 11 is 0. The van der Waals surface area contributed by atoms with Gasteiger partial charge in [-0.3, -0.25) is 0 Å². The lowest BCUT2D eigenvalue weighted by Crippen LogP contribution is -2.67. The van der Waals surface area contributed by atoms with Crippen LogP contribution in [0.4, 0.5) is 5.69 Å². The molecule has 92 valence electrons. The van der Waals surface area contributed by atoms with Gasteiger partial charge in [-0.05, 0) is 43.9 Å². The van der Waals surface area contributed by atoms with Gasteiger partial charge in [-0.1, -0.05) is 6.07 Å². The molecule has 1 aromatic carbocycles. The summed E-state index contributed by atoms with van der Waals surface area (Å²) in [4.78, 5) is 2.59. The van der Waals surface area contributed by atoms with Gasteiger partial charge in [0, 0.05) is 29.9 Å². The smallest absolute Gasteiger partial charge is 0.0992 e. The van der Waals surface area contributed by atoms with Gasteiger partial charge in [0.2, 0.25) is 0 Å². The summed E-state index contributed by atoms with van der Waals surface area (Å²) < 4.78 is 0. The Labute approximate surface area is 107 Å². The van der Waals surface area contributed by atoms with Gasteiger partial charge < -0.3 is 10.2 Å². The number of benzene rings is 1. The number of piperidine rings is 4. The lowest BCUT2D eigenvalue weighted by atomic mass is 9.74. The van der Waals surface area contributed by atoms with Crippen LogP contribution in [0.5, 0.6) is 0 Å². The van der Waals surface area contributed by atoms with Gasteiger partial charge in [-0.15, -0.1) is 0 Å². The van der Waals surface area contributed by atoms with Crippen molar-refractivity contribution in [1.29, 1.82) is 5.26 Å². The van der Waals surface area contributed by atoms with Crippen LogP contribution < -0.4 is 10.2 Å². The first-order valence-electron chi connectivity index (χ1n) is 6.88. The van der Waals surface area contributed by atoms with Gasteiger partial charge in [0.25, 0.3) is 0 Å². The quantitative estimate of drug-likeness (QED) is 0.815. The lowest BCUT2D eigenvalue weighted by Gasteiger charge is -2.58. The van der Waals surface area contributed by atoms with Crippen LogP contribution in [0.15, 0.2) is 24.3 Å². The highest BCUT2D eigenvalue weighted by molar-refractivity contribution is 5.54. The first kappa shape index (κ1) is 10.4. The standard InChI is InChI=1S/C15H17N3/c16-9-10-2-1-3-13(4-10)18-14-5-11-6-15(18)8-12(7-14)17-11/h1-4,11-12,14-15,17H,5-8H2. The number of anilines is 1. The van der Waals surface area contributed by atoms with Crippen LogP contribution in [-0.4, -0.2) is 24.2 Å². The van der Waals surface area contributed by atoms with Gasteiger partial charge in [-0.2, -0.15) is 5.26 Å². The molecule has 4 aliphatic rings. The molecular formula is C15H17N3. The summed E-state index contributed by atoms with van der Waals surface area (Å²) in [5, 5.41) is 12.8. The topological polar surface area (TPSA) is 39.1 Å². The summed E-state index contributed by atoms with van der Waals surface area (Å²) in [6.45, 7) is 0. The Morgan fingerprint density at radius 1 is 1.11 bits per heavy atom. The second-order valence-corrected chi connectivity index (χ2v) is 5.88. The van der Waals surface area contributed by atoms with Crippen molar-refractivity contribution in [1.82, 2.24) is 5.32 Å². The van der Waals surface area contributed by atoms with E-state index in [1.54, 1.807) is 0 Å². The molecule has 0 aliphatic carbocycles. The molecule has 0 atom stereocenters. The van der Waals surface area contributed by atoms with Crippen molar-refractivity contribution in [2.75, 3.05) is 4.90 Å². The number of hydrogen-bond donors (Lipinski definition) is 1. The number of hydrogen-bond acceptors (Lipinski definition) is 3. The fourth-order valence-electron chi connectivity index (χ4n) is 4.21. The molecule has 4 bridgehead atoms. The Bertz CT molecular complexity index is 489. The molecule has 4 saturated heterocycles. The van der Waals surface area contributed by atoms with E-state index in [2.05, 4.69) is 28.4 Å². The first-order valence-corrected chi connectivity index (χ1v) is 6.88. The minimum absolute atomic E-state index is 0.683. The lowest BCUT2D eigenvalue weighted by molar-refractivity contribution is 0.135. The Morgan fingerprint density at radius 2 is 1.78 bits per heavy atom. The zero-order valence-electron chi connectivity index (χ0n) is 10.3. The van der Waals surface area contributed by atoms with Gasteiger partial charge >= 0.3 is 0 Å². The minimum atomic E-state index is 0.683. The molecule has 4 aliphatic heterocycles. The van der Waals surface area contributed by atoms with Crippen LogP contribution in [0.1, 0.15) is 31.2 Å². The van der Waals surface area contributed by atoms with E-state index in [0.717, 1.165) is 17.6 Å². The molecular weight excluding hydrogens is 222 g/mol. The van der Waals surface area contributed by atoms with Crippen molar-refractivity contribution in [2.24, 2.45) is 0 Å². The molecule has 5 rings (SSSR count). The van der Waals surface area contributed by atoms with E-state index in [4.69, 9.17) is 5.26 Å². The Hall–Kier alpha value is -1.53. The van der Waals surface area contributed by atoms with Crippen molar-refractivity contribution < 1.29 is 0 Å². The van der Waals surface area contributed by atoms with Crippen LogP contribution in [-0.2, 0) is 0 Å². The highest BCUT2D eigenvalue weighted by Gasteiger charge is 2.46. The van der Waals surface area contributed by atoms with E-state index in [1.807, 2.05) is 12.1 Å². The second-order valence-electron chi connectivity index (χ2n) is 5.88. The molecule has 18 heavy (non-hydrogen) atoms. The van der Waals surface area contributed by atoms with E-state index in [-0.39, 0.29) is 0 Å². The highest BCUT2D eigenvalue weighted by Crippen LogP contribution is 2.41.